The van der Waals surface area contributed by atoms with Crippen molar-refractivity contribution in [1.82, 2.24) is 4.90 Å². The molecule has 1 aliphatic heterocycles. The van der Waals surface area contributed by atoms with Crippen LogP contribution in [0.4, 0.5) is 15.8 Å². The Hall–Kier alpha value is -0.850. The Morgan fingerprint density at radius 1 is 1.47 bits per heavy atom. The number of hydrogen-bond acceptors (Lipinski definition) is 4. The number of ether oxygens (including phenoxy) is 1. The second kappa shape index (κ2) is 6.54. The van der Waals surface area contributed by atoms with Crippen LogP contribution < -0.4 is 11.1 Å². The van der Waals surface area contributed by atoms with E-state index >= 15 is 0 Å². The van der Waals surface area contributed by atoms with Crippen LogP contribution in [0.3, 0.4) is 0 Å². The summed E-state index contributed by atoms with van der Waals surface area (Å²) < 4.78 is 19.0. The lowest BCUT2D eigenvalue weighted by Gasteiger charge is -2.30. The zero-order valence-corrected chi connectivity index (χ0v) is 12.5. The molecule has 0 saturated carbocycles. The van der Waals surface area contributed by atoms with E-state index in [9.17, 15) is 4.39 Å². The highest BCUT2D eigenvalue weighted by Crippen LogP contribution is 2.27. The fourth-order valence-corrected chi connectivity index (χ4v) is 2.51. The zero-order valence-electron chi connectivity index (χ0n) is 11.0. The molecule has 19 heavy (non-hydrogen) atoms. The van der Waals surface area contributed by atoms with Gasteiger partial charge in [0.1, 0.15) is 5.82 Å². The molecule has 106 valence electrons. The Labute approximate surface area is 121 Å². The number of hydrogen-bond donors (Lipinski definition) is 2. The molecule has 1 saturated heterocycles. The summed E-state index contributed by atoms with van der Waals surface area (Å²) in [5.41, 5.74) is 7.00. The van der Waals surface area contributed by atoms with Crippen LogP contribution >= 0.6 is 15.9 Å². The fraction of sp³-hybridized carbons (Fsp3) is 0.538. The van der Waals surface area contributed by atoms with E-state index in [2.05, 4.69) is 33.1 Å². The van der Waals surface area contributed by atoms with Crippen LogP contribution in [-0.4, -0.2) is 43.8 Å². The van der Waals surface area contributed by atoms with Gasteiger partial charge in [0.15, 0.2) is 0 Å². The van der Waals surface area contributed by atoms with Crippen LogP contribution in [-0.2, 0) is 4.74 Å². The first-order valence-electron chi connectivity index (χ1n) is 6.37. The lowest BCUT2D eigenvalue weighted by molar-refractivity contribution is 0.0368. The molecular weight excluding hydrogens is 313 g/mol. The van der Waals surface area contributed by atoms with Crippen LogP contribution in [0.5, 0.6) is 0 Å². The molecule has 1 fully saturated rings. The number of anilines is 2. The third-order valence-electron chi connectivity index (χ3n) is 3.13. The molecule has 0 radical (unpaired) electrons. The van der Waals surface area contributed by atoms with Crippen molar-refractivity contribution >= 4 is 27.3 Å². The number of halogens is 2. The van der Waals surface area contributed by atoms with Crippen molar-refractivity contribution < 1.29 is 9.13 Å². The van der Waals surface area contributed by atoms with Crippen molar-refractivity contribution in [3.63, 3.8) is 0 Å². The van der Waals surface area contributed by atoms with E-state index in [1.54, 1.807) is 6.07 Å². The molecule has 0 spiro atoms. The van der Waals surface area contributed by atoms with Crippen molar-refractivity contribution in [3.8, 4) is 0 Å². The standard InChI is InChI=1S/C13H19BrFN3O/c1-9(8-18-2-4-19-5-3-18)17-13-6-10(14)11(15)7-12(13)16/h6-7,9,17H,2-5,8,16H2,1H3. The number of benzene rings is 1. The SMILES string of the molecule is CC(CN1CCOCC1)Nc1cc(Br)c(F)cc1N. The van der Waals surface area contributed by atoms with Crippen LogP contribution in [0.2, 0.25) is 0 Å². The Kier molecular flexibility index (Phi) is 5.01. The molecule has 0 aliphatic carbocycles. The Bertz CT molecular complexity index is 438. The summed E-state index contributed by atoms with van der Waals surface area (Å²) in [5, 5.41) is 3.32. The highest BCUT2D eigenvalue weighted by Gasteiger charge is 2.15. The lowest BCUT2D eigenvalue weighted by atomic mass is 10.2. The molecule has 0 bridgehead atoms. The van der Waals surface area contributed by atoms with Crippen LogP contribution in [0, 0.1) is 5.82 Å². The predicted molar refractivity (Wildman–Crippen MR) is 78.9 cm³/mol. The van der Waals surface area contributed by atoms with Gasteiger partial charge < -0.3 is 15.8 Å². The summed E-state index contributed by atoms with van der Waals surface area (Å²) in [6.07, 6.45) is 0. The normalized spacial score (nSPS) is 18.3. The summed E-state index contributed by atoms with van der Waals surface area (Å²) in [4.78, 5) is 2.34. The van der Waals surface area contributed by atoms with Gasteiger partial charge >= 0.3 is 0 Å². The Morgan fingerprint density at radius 3 is 2.84 bits per heavy atom. The smallest absolute Gasteiger partial charge is 0.139 e. The first-order chi connectivity index (χ1) is 9.06. The Balaban J connectivity index is 1.94. The van der Waals surface area contributed by atoms with E-state index in [0.717, 1.165) is 38.5 Å². The van der Waals surface area contributed by atoms with Gasteiger partial charge in [0.2, 0.25) is 0 Å². The van der Waals surface area contributed by atoms with E-state index in [-0.39, 0.29) is 11.9 Å². The van der Waals surface area contributed by atoms with Crippen molar-refractivity contribution in [2.75, 3.05) is 43.9 Å². The molecule has 0 aromatic heterocycles. The maximum absolute atomic E-state index is 13.3. The van der Waals surface area contributed by atoms with Gasteiger partial charge in [-0.05, 0) is 28.9 Å². The second-order valence-electron chi connectivity index (χ2n) is 4.81. The van der Waals surface area contributed by atoms with Gasteiger partial charge in [-0.1, -0.05) is 0 Å². The van der Waals surface area contributed by atoms with E-state index in [1.165, 1.54) is 6.07 Å². The van der Waals surface area contributed by atoms with Crippen molar-refractivity contribution in [1.29, 1.82) is 0 Å². The van der Waals surface area contributed by atoms with E-state index < -0.39 is 0 Å². The first-order valence-corrected chi connectivity index (χ1v) is 7.16. The summed E-state index contributed by atoms with van der Waals surface area (Å²) >= 11 is 3.17. The van der Waals surface area contributed by atoms with Crippen LogP contribution in [0.25, 0.3) is 0 Å². The van der Waals surface area contributed by atoms with E-state index in [0.29, 0.717) is 10.2 Å². The molecular formula is C13H19BrFN3O. The summed E-state index contributed by atoms with van der Waals surface area (Å²) in [5.74, 6) is -0.344. The number of nitrogens with zero attached hydrogens (tertiary/aromatic N) is 1. The average molecular weight is 332 g/mol. The number of nitrogen functional groups attached to an aromatic ring is 1. The molecule has 0 amide bonds. The van der Waals surface area contributed by atoms with Gasteiger partial charge in [0.05, 0.1) is 29.1 Å². The van der Waals surface area contributed by atoms with Gasteiger partial charge in [-0.15, -0.1) is 0 Å². The molecule has 1 aliphatic rings. The van der Waals surface area contributed by atoms with Crippen LogP contribution in [0.15, 0.2) is 16.6 Å². The first kappa shape index (κ1) is 14.6. The van der Waals surface area contributed by atoms with Crippen molar-refractivity contribution in [2.45, 2.75) is 13.0 Å². The Morgan fingerprint density at radius 2 is 2.16 bits per heavy atom. The van der Waals surface area contributed by atoms with Gasteiger partial charge in [0.25, 0.3) is 0 Å². The van der Waals surface area contributed by atoms with Gasteiger partial charge in [-0.2, -0.15) is 0 Å². The predicted octanol–water partition coefficient (Wildman–Crippen LogP) is 2.30. The van der Waals surface area contributed by atoms with Crippen molar-refractivity contribution in [2.24, 2.45) is 0 Å². The second-order valence-corrected chi connectivity index (χ2v) is 5.67. The maximum Gasteiger partial charge on any atom is 0.139 e. The van der Waals surface area contributed by atoms with Crippen molar-refractivity contribution in [3.05, 3.63) is 22.4 Å². The lowest BCUT2D eigenvalue weighted by Crippen LogP contribution is -2.42. The minimum Gasteiger partial charge on any atom is -0.397 e. The fourth-order valence-electron chi connectivity index (χ4n) is 2.17. The minimum absolute atomic E-state index is 0.234. The zero-order chi connectivity index (χ0) is 13.8. The molecule has 1 atom stereocenters. The third-order valence-corrected chi connectivity index (χ3v) is 3.74. The molecule has 1 unspecified atom stereocenters. The topological polar surface area (TPSA) is 50.5 Å². The number of nitrogens with two attached hydrogens (primary N) is 1. The van der Waals surface area contributed by atoms with Gasteiger partial charge in [0, 0.05) is 31.7 Å². The molecule has 4 nitrogen and oxygen atoms in total. The molecule has 1 aromatic carbocycles. The van der Waals surface area contributed by atoms with Gasteiger partial charge in [-0.25, -0.2) is 4.39 Å². The summed E-state index contributed by atoms with van der Waals surface area (Å²) in [6, 6.07) is 3.24. The van der Waals surface area contributed by atoms with E-state index in [1.807, 2.05) is 0 Å². The number of morpholine rings is 1. The summed E-state index contributed by atoms with van der Waals surface area (Å²) in [7, 11) is 0. The maximum atomic E-state index is 13.3. The molecule has 3 N–H and O–H groups in total. The highest BCUT2D eigenvalue weighted by molar-refractivity contribution is 9.10. The van der Waals surface area contributed by atoms with E-state index in [4.69, 9.17) is 10.5 Å². The number of nitrogens with one attached hydrogen (secondary N) is 1. The number of rotatable bonds is 4. The third kappa shape index (κ3) is 4.06. The highest BCUT2D eigenvalue weighted by atomic mass is 79.9. The molecule has 6 heteroatoms. The molecule has 1 aromatic rings. The van der Waals surface area contributed by atoms with Gasteiger partial charge in [-0.3, -0.25) is 4.90 Å². The summed E-state index contributed by atoms with van der Waals surface area (Å²) in [6.45, 7) is 6.49. The average Bonchev–Trinajstić information content (AvgIpc) is 2.37. The molecule has 1 heterocycles. The largest absolute Gasteiger partial charge is 0.397 e. The minimum atomic E-state index is -0.344. The monoisotopic (exact) mass is 331 g/mol. The van der Waals surface area contributed by atoms with Crippen LogP contribution in [0.1, 0.15) is 6.92 Å². The quantitative estimate of drug-likeness (QED) is 0.831. The molecule has 2 rings (SSSR count).